The van der Waals surface area contributed by atoms with Gasteiger partial charge in [0, 0.05) is 5.69 Å². The lowest BCUT2D eigenvalue weighted by Gasteiger charge is -2.25. The van der Waals surface area contributed by atoms with Crippen LogP contribution in [0.4, 0.5) is 5.69 Å². The van der Waals surface area contributed by atoms with Gasteiger partial charge in [-0.15, -0.1) is 0 Å². The van der Waals surface area contributed by atoms with Gasteiger partial charge in [0.1, 0.15) is 0 Å². The Kier molecular flexibility index (Phi) is 5.60. The van der Waals surface area contributed by atoms with E-state index in [1.807, 2.05) is 12.1 Å². The second kappa shape index (κ2) is 7.44. The molecule has 1 aliphatic rings. The van der Waals surface area contributed by atoms with Crippen molar-refractivity contribution in [1.82, 2.24) is 4.90 Å². The fraction of sp³-hybridized carbons (Fsp3) is 0.588. The first-order valence-corrected chi connectivity index (χ1v) is 7.81. The maximum atomic E-state index is 12.0. The highest BCUT2D eigenvalue weighted by molar-refractivity contribution is 5.92. The number of hydrogen-bond donors (Lipinski definition) is 1. The van der Waals surface area contributed by atoms with E-state index in [0.29, 0.717) is 12.5 Å². The normalized spacial score (nSPS) is 17.7. The van der Waals surface area contributed by atoms with Crippen LogP contribution in [0.1, 0.15) is 51.0 Å². The number of nitrogens with zero attached hydrogens (tertiary/aromatic N) is 1. The zero-order valence-corrected chi connectivity index (χ0v) is 12.7. The van der Waals surface area contributed by atoms with Crippen LogP contribution in [0.3, 0.4) is 0 Å². The molecule has 0 bridgehead atoms. The number of nitrogens with one attached hydrogen (secondary N) is 1. The number of hydrogen-bond acceptors (Lipinski definition) is 2. The van der Waals surface area contributed by atoms with E-state index < -0.39 is 0 Å². The summed E-state index contributed by atoms with van der Waals surface area (Å²) in [6, 6.07) is 8.25. The largest absolute Gasteiger partial charge is 0.325 e. The molecule has 3 heteroatoms. The first kappa shape index (κ1) is 15.0. The predicted molar refractivity (Wildman–Crippen MR) is 84.1 cm³/mol. The van der Waals surface area contributed by atoms with Crippen molar-refractivity contribution in [2.24, 2.45) is 0 Å². The molecule has 0 saturated carbocycles. The molecule has 1 aromatic carbocycles. The van der Waals surface area contributed by atoms with Crippen LogP contribution in [0.25, 0.3) is 0 Å². The van der Waals surface area contributed by atoms with E-state index in [0.717, 1.165) is 25.2 Å². The Morgan fingerprint density at radius 3 is 2.45 bits per heavy atom. The summed E-state index contributed by atoms with van der Waals surface area (Å²) in [4.78, 5) is 14.2. The molecule has 0 radical (unpaired) electrons. The Hall–Kier alpha value is -1.35. The maximum Gasteiger partial charge on any atom is 0.238 e. The van der Waals surface area contributed by atoms with Crippen LogP contribution in [-0.2, 0) is 4.79 Å². The number of piperidine rings is 1. The number of amides is 1. The lowest BCUT2D eigenvalue weighted by Crippen LogP contribution is -2.36. The summed E-state index contributed by atoms with van der Waals surface area (Å²) in [5.41, 5.74) is 2.24. The first-order valence-electron chi connectivity index (χ1n) is 7.81. The van der Waals surface area contributed by atoms with Crippen molar-refractivity contribution in [3.05, 3.63) is 29.8 Å². The van der Waals surface area contributed by atoms with Crippen LogP contribution in [-0.4, -0.2) is 30.4 Å². The van der Waals surface area contributed by atoms with Crippen molar-refractivity contribution in [3.8, 4) is 0 Å². The molecule has 110 valence electrons. The van der Waals surface area contributed by atoms with Gasteiger partial charge in [-0.1, -0.05) is 32.4 Å². The molecule has 1 aromatic rings. The molecular formula is C17H26N2O. The van der Waals surface area contributed by atoms with Crippen LogP contribution in [0.15, 0.2) is 24.3 Å². The molecule has 3 nitrogen and oxygen atoms in total. The number of carbonyl (C=O) groups is 1. The van der Waals surface area contributed by atoms with E-state index in [2.05, 4.69) is 36.2 Å². The lowest BCUT2D eigenvalue weighted by atomic mass is 9.99. The zero-order valence-electron chi connectivity index (χ0n) is 12.7. The molecule has 0 aromatic heterocycles. The van der Waals surface area contributed by atoms with Crippen molar-refractivity contribution in [1.29, 1.82) is 0 Å². The second-order valence-electron chi connectivity index (χ2n) is 5.82. The van der Waals surface area contributed by atoms with E-state index in [9.17, 15) is 4.79 Å². The van der Waals surface area contributed by atoms with Crippen molar-refractivity contribution in [2.45, 2.75) is 45.4 Å². The molecule has 1 heterocycles. The third-order valence-electron chi connectivity index (χ3n) is 4.19. The molecule has 1 aliphatic heterocycles. The number of likely N-dealkylation sites (tertiary alicyclic amines) is 1. The molecule has 1 N–H and O–H groups in total. The predicted octanol–water partition coefficient (Wildman–Crippen LogP) is 3.62. The molecule has 0 spiro atoms. The Bertz CT molecular complexity index is 421. The molecule has 0 aliphatic carbocycles. The van der Waals surface area contributed by atoms with Crippen molar-refractivity contribution < 1.29 is 4.79 Å². The maximum absolute atomic E-state index is 12.0. The van der Waals surface area contributed by atoms with Gasteiger partial charge in [-0.3, -0.25) is 9.69 Å². The van der Waals surface area contributed by atoms with E-state index in [1.54, 1.807) is 0 Å². The standard InChI is InChI=1S/C17H26N2O/c1-3-14(2)15-7-9-16(10-8-15)18-17(20)13-19-11-5-4-6-12-19/h7-10,14H,3-6,11-13H2,1-2H3,(H,18,20). The summed E-state index contributed by atoms with van der Waals surface area (Å²) in [6.45, 7) is 7.05. The molecular weight excluding hydrogens is 248 g/mol. The summed E-state index contributed by atoms with van der Waals surface area (Å²) in [6.07, 6.45) is 4.88. The van der Waals surface area contributed by atoms with Crippen LogP contribution < -0.4 is 5.32 Å². The van der Waals surface area contributed by atoms with E-state index in [4.69, 9.17) is 0 Å². The van der Waals surface area contributed by atoms with Crippen LogP contribution in [0, 0.1) is 0 Å². The Morgan fingerprint density at radius 1 is 1.20 bits per heavy atom. The van der Waals surface area contributed by atoms with Crippen molar-refractivity contribution in [2.75, 3.05) is 25.0 Å². The van der Waals surface area contributed by atoms with E-state index in [1.165, 1.54) is 24.8 Å². The highest BCUT2D eigenvalue weighted by atomic mass is 16.2. The van der Waals surface area contributed by atoms with Gasteiger partial charge >= 0.3 is 0 Å². The Balaban J connectivity index is 1.84. The lowest BCUT2D eigenvalue weighted by molar-refractivity contribution is -0.117. The summed E-state index contributed by atoms with van der Waals surface area (Å²) >= 11 is 0. The second-order valence-corrected chi connectivity index (χ2v) is 5.82. The van der Waals surface area contributed by atoms with Crippen molar-refractivity contribution >= 4 is 11.6 Å². The van der Waals surface area contributed by atoms with Crippen LogP contribution >= 0.6 is 0 Å². The molecule has 1 fully saturated rings. The minimum atomic E-state index is 0.100. The minimum Gasteiger partial charge on any atom is -0.325 e. The number of rotatable bonds is 5. The van der Waals surface area contributed by atoms with Gasteiger partial charge in [-0.2, -0.15) is 0 Å². The molecule has 1 unspecified atom stereocenters. The molecule has 1 atom stereocenters. The topological polar surface area (TPSA) is 32.3 Å². The minimum absolute atomic E-state index is 0.100. The summed E-state index contributed by atoms with van der Waals surface area (Å²) < 4.78 is 0. The molecule has 1 amide bonds. The van der Waals surface area contributed by atoms with Gasteiger partial charge in [0.05, 0.1) is 6.54 Å². The first-order chi connectivity index (χ1) is 9.69. The average molecular weight is 274 g/mol. The monoisotopic (exact) mass is 274 g/mol. The van der Waals surface area contributed by atoms with E-state index in [-0.39, 0.29) is 5.91 Å². The van der Waals surface area contributed by atoms with Crippen LogP contribution in [0.5, 0.6) is 0 Å². The van der Waals surface area contributed by atoms with Gasteiger partial charge in [0.2, 0.25) is 5.91 Å². The SMILES string of the molecule is CCC(C)c1ccc(NC(=O)CN2CCCCC2)cc1. The Labute approximate surface area is 122 Å². The average Bonchev–Trinajstić information content (AvgIpc) is 2.48. The van der Waals surface area contributed by atoms with E-state index >= 15 is 0 Å². The third kappa shape index (κ3) is 4.34. The number of benzene rings is 1. The molecule has 2 rings (SSSR count). The highest BCUT2D eigenvalue weighted by Crippen LogP contribution is 2.20. The summed E-state index contributed by atoms with van der Waals surface area (Å²) in [5.74, 6) is 0.677. The van der Waals surface area contributed by atoms with Gasteiger partial charge in [0.15, 0.2) is 0 Å². The third-order valence-corrected chi connectivity index (χ3v) is 4.19. The fourth-order valence-corrected chi connectivity index (χ4v) is 2.65. The highest BCUT2D eigenvalue weighted by Gasteiger charge is 2.13. The van der Waals surface area contributed by atoms with Crippen LogP contribution in [0.2, 0.25) is 0 Å². The van der Waals surface area contributed by atoms with Gasteiger partial charge in [-0.05, 0) is 56.0 Å². The summed E-state index contributed by atoms with van der Waals surface area (Å²) in [7, 11) is 0. The Morgan fingerprint density at radius 2 is 1.85 bits per heavy atom. The molecule has 20 heavy (non-hydrogen) atoms. The number of anilines is 1. The van der Waals surface area contributed by atoms with Gasteiger partial charge in [-0.25, -0.2) is 0 Å². The zero-order chi connectivity index (χ0) is 14.4. The quantitative estimate of drug-likeness (QED) is 0.889. The van der Waals surface area contributed by atoms with Crippen molar-refractivity contribution in [3.63, 3.8) is 0 Å². The van der Waals surface area contributed by atoms with Gasteiger partial charge in [0.25, 0.3) is 0 Å². The number of carbonyl (C=O) groups excluding carboxylic acids is 1. The van der Waals surface area contributed by atoms with Gasteiger partial charge < -0.3 is 5.32 Å². The fourth-order valence-electron chi connectivity index (χ4n) is 2.65. The summed E-state index contributed by atoms with van der Waals surface area (Å²) in [5, 5.41) is 2.99. The smallest absolute Gasteiger partial charge is 0.238 e. The molecule has 1 saturated heterocycles.